The van der Waals surface area contributed by atoms with Crippen LogP contribution in [0.2, 0.25) is 0 Å². The largest absolute Gasteiger partial charge is 0.481 e. The standard InChI is InChI=1S/C5H10O2S.C2H5NO/c1-5(2,8)3-4(6)7;1-2(3)4/h8H,3H2,1-2H3,(H,6,7);1H3,(H2,3,4). The smallest absolute Gasteiger partial charge is 0.304 e. The van der Waals surface area contributed by atoms with Gasteiger partial charge < -0.3 is 10.8 Å². The van der Waals surface area contributed by atoms with Crippen LogP contribution in [0.25, 0.3) is 0 Å². The number of carboxylic acids is 1. The fourth-order valence-electron chi connectivity index (χ4n) is 0.370. The van der Waals surface area contributed by atoms with E-state index < -0.39 is 5.97 Å². The highest BCUT2D eigenvalue weighted by atomic mass is 32.1. The molecule has 0 aliphatic carbocycles. The molecule has 1 amide bonds. The number of carboxylic acid groups (broad SMARTS) is 1. The summed E-state index contributed by atoms with van der Waals surface area (Å²) in [7, 11) is 0. The van der Waals surface area contributed by atoms with E-state index in [1.807, 2.05) is 0 Å². The van der Waals surface area contributed by atoms with E-state index >= 15 is 0 Å². The van der Waals surface area contributed by atoms with Crippen LogP contribution < -0.4 is 5.73 Å². The van der Waals surface area contributed by atoms with Crippen LogP contribution in [-0.4, -0.2) is 21.7 Å². The molecule has 0 spiro atoms. The average Bonchev–Trinajstić information content (AvgIpc) is 1.52. The number of nitrogens with two attached hydrogens (primary N) is 1. The molecule has 0 atom stereocenters. The van der Waals surface area contributed by atoms with Gasteiger partial charge in [0.15, 0.2) is 0 Å². The molecule has 72 valence electrons. The lowest BCUT2D eigenvalue weighted by atomic mass is 10.1. The van der Waals surface area contributed by atoms with Gasteiger partial charge in [0, 0.05) is 11.7 Å². The topological polar surface area (TPSA) is 80.4 Å². The van der Waals surface area contributed by atoms with Gasteiger partial charge in [0.05, 0.1) is 6.42 Å². The van der Waals surface area contributed by atoms with E-state index in [0.29, 0.717) is 0 Å². The van der Waals surface area contributed by atoms with Crippen LogP contribution >= 0.6 is 12.6 Å². The molecule has 5 heteroatoms. The lowest BCUT2D eigenvalue weighted by Crippen LogP contribution is -2.15. The predicted octanol–water partition coefficient (Wildman–Crippen LogP) is 0.661. The maximum absolute atomic E-state index is 9.97. The van der Waals surface area contributed by atoms with Gasteiger partial charge >= 0.3 is 5.97 Å². The van der Waals surface area contributed by atoms with E-state index in [-0.39, 0.29) is 17.1 Å². The van der Waals surface area contributed by atoms with Crippen molar-refractivity contribution in [1.29, 1.82) is 0 Å². The van der Waals surface area contributed by atoms with Gasteiger partial charge in [-0.15, -0.1) is 0 Å². The van der Waals surface area contributed by atoms with Gasteiger partial charge in [-0.2, -0.15) is 12.6 Å². The number of carbonyl (C=O) groups excluding carboxylic acids is 1. The third-order valence-corrected chi connectivity index (χ3v) is 0.742. The lowest BCUT2D eigenvalue weighted by Gasteiger charge is -2.12. The number of aliphatic carboxylic acids is 1. The molecule has 12 heavy (non-hydrogen) atoms. The molecule has 0 bridgehead atoms. The van der Waals surface area contributed by atoms with Crippen LogP contribution in [0.15, 0.2) is 0 Å². The van der Waals surface area contributed by atoms with E-state index in [1.165, 1.54) is 6.92 Å². The summed E-state index contributed by atoms with van der Waals surface area (Å²) >= 11 is 4.01. The minimum atomic E-state index is -0.801. The van der Waals surface area contributed by atoms with Crippen molar-refractivity contribution in [3.05, 3.63) is 0 Å². The predicted molar refractivity (Wildman–Crippen MR) is 50.2 cm³/mol. The molecule has 4 nitrogen and oxygen atoms in total. The second kappa shape index (κ2) is 5.88. The fourth-order valence-corrected chi connectivity index (χ4v) is 0.505. The number of carbonyl (C=O) groups is 2. The van der Waals surface area contributed by atoms with Crippen molar-refractivity contribution in [1.82, 2.24) is 0 Å². The molecule has 0 saturated heterocycles. The Balaban J connectivity index is 0. The second-order valence-corrected chi connectivity index (χ2v) is 4.20. The van der Waals surface area contributed by atoms with Gasteiger partial charge in [-0.1, -0.05) is 13.8 Å². The van der Waals surface area contributed by atoms with E-state index in [0.717, 1.165) is 0 Å². The van der Waals surface area contributed by atoms with Crippen LogP contribution in [0, 0.1) is 0 Å². The maximum atomic E-state index is 9.97. The van der Waals surface area contributed by atoms with Gasteiger partial charge in [0.25, 0.3) is 0 Å². The van der Waals surface area contributed by atoms with E-state index in [1.54, 1.807) is 13.8 Å². The molecule has 0 unspecified atom stereocenters. The van der Waals surface area contributed by atoms with Crippen molar-refractivity contribution in [2.24, 2.45) is 5.73 Å². The zero-order valence-corrected chi connectivity index (χ0v) is 8.39. The van der Waals surface area contributed by atoms with Crippen molar-refractivity contribution < 1.29 is 14.7 Å². The number of rotatable bonds is 2. The summed E-state index contributed by atoms with van der Waals surface area (Å²) in [6, 6.07) is 0. The molecule has 0 aliphatic heterocycles. The van der Waals surface area contributed by atoms with Crippen molar-refractivity contribution in [2.75, 3.05) is 0 Å². The first kappa shape index (κ1) is 13.9. The number of thiol groups is 1. The second-order valence-electron chi connectivity index (χ2n) is 2.99. The fraction of sp³-hybridized carbons (Fsp3) is 0.714. The Morgan fingerprint density at radius 3 is 1.75 bits per heavy atom. The summed E-state index contributed by atoms with van der Waals surface area (Å²) in [5.74, 6) is -1.13. The molecule has 0 saturated carbocycles. The van der Waals surface area contributed by atoms with Crippen LogP contribution in [-0.2, 0) is 9.59 Å². The molecule has 0 aliphatic rings. The molecular weight excluding hydrogens is 178 g/mol. The van der Waals surface area contributed by atoms with Crippen LogP contribution in [0.4, 0.5) is 0 Å². The van der Waals surface area contributed by atoms with E-state index in [2.05, 4.69) is 18.4 Å². The van der Waals surface area contributed by atoms with Gasteiger partial charge in [-0.25, -0.2) is 0 Å². The summed E-state index contributed by atoms with van der Waals surface area (Å²) in [6.45, 7) is 4.84. The summed E-state index contributed by atoms with van der Waals surface area (Å²) in [5.41, 5.74) is 4.47. The lowest BCUT2D eigenvalue weighted by molar-refractivity contribution is -0.137. The Kier molecular flexibility index (Phi) is 6.79. The highest BCUT2D eigenvalue weighted by Gasteiger charge is 2.15. The van der Waals surface area contributed by atoms with Crippen LogP contribution in [0.1, 0.15) is 27.2 Å². The third-order valence-electron chi connectivity index (χ3n) is 0.584. The Hall–Kier alpha value is -0.710. The maximum Gasteiger partial charge on any atom is 0.304 e. The van der Waals surface area contributed by atoms with Crippen molar-refractivity contribution in [3.8, 4) is 0 Å². The number of hydrogen-bond donors (Lipinski definition) is 3. The molecular formula is C7H15NO3S. The van der Waals surface area contributed by atoms with Crippen molar-refractivity contribution in [3.63, 3.8) is 0 Å². The average molecular weight is 193 g/mol. The third kappa shape index (κ3) is 34.7. The normalized spacial score (nSPS) is 9.67. The Morgan fingerprint density at radius 1 is 1.50 bits per heavy atom. The van der Waals surface area contributed by atoms with Crippen LogP contribution in [0.5, 0.6) is 0 Å². The highest BCUT2D eigenvalue weighted by Crippen LogP contribution is 2.15. The molecule has 0 fully saturated rings. The van der Waals surface area contributed by atoms with Crippen molar-refractivity contribution in [2.45, 2.75) is 31.9 Å². The summed E-state index contributed by atoms with van der Waals surface area (Å²) in [6.07, 6.45) is 0.107. The monoisotopic (exact) mass is 193 g/mol. The zero-order valence-electron chi connectivity index (χ0n) is 7.50. The summed E-state index contributed by atoms with van der Waals surface area (Å²) in [5, 5.41) is 8.20. The summed E-state index contributed by atoms with van der Waals surface area (Å²) < 4.78 is -0.383. The number of primary amides is 1. The molecule has 3 N–H and O–H groups in total. The van der Waals surface area contributed by atoms with E-state index in [9.17, 15) is 9.59 Å². The van der Waals surface area contributed by atoms with Gasteiger partial charge in [-0.3, -0.25) is 9.59 Å². The molecule has 0 aromatic carbocycles. The zero-order chi connectivity index (χ0) is 10.4. The quantitative estimate of drug-likeness (QED) is 0.563. The van der Waals surface area contributed by atoms with Crippen LogP contribution in [0.3, 0.4) is 0 Å². The molecule has 0 aromatic heterocycles. The first-order valence-electron chi connectivity index (χ1n) is 3.35. The molecule has 0 aromatic rings. The van der Waals surface area contributed by atoms with Gasteiger partial charge in [-0.05, 0) is 0 Å². The Morgan fingerprint density at radius 2 is 1.75 bits per heavy atom. The first-order chi connectivity index (χ1) is 5.15. The first-order valence-corrected chi connectivity index (χ1v) is 3.80. The number of hydrogen-bond acceptors (Lipinski definition) is 3. The highest BCUT2D eigenvalue weighted by molar-refractivity contribution is 7.81. The number of amides is 1. The molecule has 0 radical (unpaired) electrons. The van der Waals surface area contributed by atoms with Gasteiger partial charge in [0.2, 0.25) is 5.91 Å². The molecule has 0 heterocycles. The summed E-state index contributed by atoms with van der Waals surface area (Å²) in [4.78, 5) is 19.2. The van der Waals surface area contributed by atoms with Gasteiger partial charge in [0.1, 0.15) is 0 Å². The minimum absolute atomic E-state index is 0.107. The molecule has 0 rings (SSSR count). The van der Waals surface area contributed by atoms with Crippen molar-refractivity contribution >= 4 is 24.5 Å². The van der Waals surface area contributed by atoms with E-state index in [4.69, 9.17) is 5.11 Å². The Bertz CT molecular complexity index is 159. The SMILES string of the molecule is CC(C)(S)CC(=O)O.CC(N)=O. The minimum Gasteiger partial charge on any atom is -0.481 e. The Labute approximate surface area is 77.5 Å².